The Morgan fingerprint density at radius 1 is 1.22 bits per heavy atom. The molecule has 0 bridgehead atoms. The van der Waals surface area contributed by atoms with E-state index >= 15 is 0 Å². The number of morpholine rings is 1. The number of amides is 1. The topological polar surface area (TPSA) is 144 Å². The molecule has 1 fully saturated rings. The maximum absolute atomic E-state index is 14.8. The first kappa shape index (κ1) is 25.9. The van der Waals surface area contributed by atoms with Gasteiger partial charge in [0, 0.05) is 36.8 Å². The van der Waals surface area contributed by atoms with Crippen LogP contribution in [-0.4, -0.2) is 65.0 Å². The van der Waals surface area contributed by atoms with Crippen LogP contribution in [0.3, 0.4) is 0 Å². The van der Waals surface area contributed by atoms with Gasteiger partial charge in [0.15, 0.2) is 5.82 Å². The number of benzene rings is 1. The Kier molecular flexibility index (Phi) is 7.58. The molecule has 37 heavy (non-hydrogen) atoms. The number of nitrogens with one attached hydrogen (secondary N) is 2. The highest BCUT2D eigenvalue weighted by Crippen LogP contribution is 2.26. The summed E-state index contributed by atoms with van der Waals surface area (Å²) >= 11 is 0. The lowest BCUT2D eigenvalue weighted by Gasteiger charge is -2.26. The van der Waals surface area contributed by atoms with Crippen molar-refractivity contribution in [2.24, 2.45) is 16.1 Å². The molecule has 0 saturated carbocycles. The van der Waals surface area contributed by atoms with E-state index in [1.54, 1.807) is 19.3 Å². The van der Waals surface area contributed by atoms with Crippen LogP contribution >= 0.6 is 0 Å². The van der Waals surface area contributed by atoms with E-state index in [4.69, 9.17) is 10.5 Å². The van der Waals surface area contributed by atoms with Gasteiger partial charge in [0.1, 0.15) is 29.0 Å². The fourth-order valence-corrected chi connectivity index (χ4v) is 3.45. The van der Waals surface area contributed by atoms with Crippen LogP contribution in [0.1, 0.15) is 31.1 Å². The molecule has 11 nitrogen and oxygen atoms in total. The SMILES string of the molecule is CN=C(C=C(N)C(C)(C)C)NC(=O)c1ccc(F)c(Nc2ncnc3cnc(N4CCOCC4)nc23)c1. The van der Waals surface area contributed by atoms with Crippen molar-refractivity contribution in [3.05, 3.63) is 53.9 Å². The molecule has 0 radical (unpaired) electrons. The molecule has 3 heterocycles. The number of aliphatic imine (C=N–C) groups is 1. The zero-order chi connectivity index (χ0) is 26.6. The fraction of sp³-hybridized carbons (Fsp3) is 0.360. The average Bonchev–Trinajstić information content (AvgIpc) is 2.89. The van der Waals surface area contributed by atoms with Crippen molar-refractivity contribution in [1.82, 2.24) is 25.3 Å². The zero-order valence-electron chi connectivity index (χ0n) is 21.2. The average molecular weight is 508 g/mol. The van der Waals surface area contributed by atoms with Crippen molar-refractivity contribution < 1.29 is 13.9 Å². The lowest BCUT2D eigenvalue weighted by molar-refractivity contribution is 0.0977. The van der Waals surface area contributed by atoms with E-state index in [-0.39, 0.29) is 22.5 Å². The Morgan fingerprint density at radius 3 is 2.68 bits per heavy atom. The molecule has 2 aromatic heterocycles. The smallest absolute Gasteiger partial charge is 0.256 e. The highest BCUT2D eigenvalue weighted by atomic mass is 19.1. The number of hydrogen-bond donors (Lipinski definition) is 3. The van der Waals surface area contributed by atoms with Crippen LogP contribution in [0, 0.1) is 11.2 Å². The molecule has 1 saturated heterocycles. The fourth-order valence-electron chi connectivity index (χ4n) is 3.45. The predicted octanol–water partition coefficient (Wildman–Crippen LogP) is 2.79. The molecule has 0 aliphatic carbocycles. The van der Waals surface area contributed by atoms with Gasteiger partial charge in [-0.1, -0.05) is 20.8 Å². The van der Waals surface area contributed by atoms with E-state index in [2.05, 4.69) is 35.6 Å². The number of carbonyl (C=O) groups excluding carboxylic acids is 1. The van der Waals surface area contributed by atoms with Gasteiger partial charge in [-0.3, -0.25) is 9.79 Å². The number of carbonyl (C=O) groups is 1. The number of nitrogens with two attached hydrogens (primary N) is 1. The minimum atomic E-state index is -0.563. The molecule has 4 N–H and O–H groups in total. The van der Waals surface area contributed by atoms with E-state index in [0.29, 0.717) is 54.8 Å². The molecule has 1 aliphatic rings. The van der Waals surface area contributed by atoms with Crippen LogP contribution in [0.5, 0.6) is 0 Å². The molecular weight excluding hydrogens is 477 g/mol. The second-order valence-electron chi connectivity index (χ2n) is 9.46. The molecule has 0 spiro atoms. The van der Waals surface area contributed by atoms with Gasteiger partial charge in [-0.05, 0) is 24.3 Å². The van der Waals surface area contributed by atoms with Crippen molar-refractivity contribution in [2.75, 3.05) is 43.6 Å². The van der Waals surface area contributed by atoms with Gasteiger partial charge in [-0.15, -0.1) is 0 Å². The van der Waals surface area contributed by atoms with Crippen molar-refractivity contribution in [3.8, 4) is 0 Å². The summed E-state index contributed by atoms with van der Waals surface area (Å²) in [5, 5.41) is 5.67. The summed E-state index contributed by atoms with van der Waals surface area (Å²) in [5.41, 5.74) is 7.57. The molecule has 1 aromatic carbocycles. The molecule has 0 atom stereocenters. The standard InChI is InChI=1S/C25H30FN9O2/c1-25(2,3)19(27)12-20(28-4)33-23(36)15-5-6-16(26)17(11-15)32-22-21-18(30-14-31-22)13-29-24(34-21)35-7-9-37-10-8-35/h5-6,11-14H,7-10,27H2,1-4H3,(H,28,33,36)(H,30,31,32). The highest BCUT2D eigenvalue weighted by molar-refractivity contribution is 6.10. The quantitative estimate of drug-likeness (QED) is 0.351. The minimum absolute atomic E-state index is 0.0546. The molecule has 1 amide bonds. The first-order valence-electron chi connectivity index (χ1n) is 11.8. The summed E-state index contributed by atoms with van der Waals surface area (Å²) < 4.78 is 20.2. The third-order valence-corrected chi connectivity index (χ3v) is 5.78. The first-order valence-corrected chi connectivity index (χ1v) is 11.8. The van der Waals surface area contributed by atoms with Crippen LogP contribution in [0.15, 0.2) is 47.5 Å². The number of aromatic nitrogens is 4. The number of anilines is 3. The van der Waals surface area contributed by atoms with E-state index in [1.807, 2.05) is 25.7 Å². The Balaban J connectivity index is 1.59. The van der Waals surface area contributed by atoms with E-state index in [0.717, 1.165) is 0 Å². The summed E-state index contributed by atoms with van der Waals surface area (Å²) in [4.78, 5) is 36.5. The Labute approximate surface area is 214 Å². The Bertz CT molecular complexity index is 1360. The summed E-state index contributed by atoms with van der Waals surface area (Å²) in [6.07, 6.45) is 4.55. The minimum Gasteiger partial charge on any atom is -0.401 e. The number of halogens is 1. The lowest BCUT2D eigenvalue weighted by atomic mass is 9.92. The van der Waals surface area contributed by atoms with Crippen LogP contribution in [0.2, 0.25) is 0 Å². The Hall–Kier alpha value is -4.19. The zero-order valence-corrected chi connectivity index (χ0v) is 21.2. The normalized spacial score (nSPS) is 15.1. The second kappa shape index (κ2) is 10.8. The van der Waals surface area contributed by atoms with Crippen molar-refractivity contribution in [1.29, 1.82) is 0 Å². The molecule has 0 unspecified atom stereocenters. The molecule has 4 rings (SSSR count). The van der Waals surface area contributed by atoms with Gasteiger partial charge < -0.3 is 26.0 Å². The number of ether oxygens (including phenoxy) is 1. The van der Waals surface area contributed by atoms with Gasteiger partial charge in [0.2, 0.25) is 5.95 Å². The number of nitrogens with zero attached hydrogens (tertiary/aromatic N) is 6. The van der Waals surface area contributed by atoms with E-state index in [1.165, 1.54) is 24.5 Å². The number of rotatable bonds is 5. The first-order chi connectivity index (χ1) is 17.7. The van der Waals surface area contributed by atoms with Gasteiger partial charge in [0.25, 0.3) is 5.91 Å². The number of hydrogen-bond acceptors (Lipinski definition) is 10. The van der Waals surface area contributed by atoms with Crippen LogP contribution in [0.4, 0.5) is 21.8 Å². The summed E-state index contributed by atoms with van der Waals surface area (Å²) in [5.74, 6) is 0.0646. The maximum atomic E-state index is 14.8. The molecule has 194 valence electrons. The maximum Gasteiger partial charge on any atom is 0.256 e. The highest BCUT2D eigenvalue weighted by Gasteiger charge is 2.18. The Morgan fingerprint density at radius 2 is 1.97 bits per heavy atom. The third-order valence-electron chi connectivity index (χ3n) is 5.78. The number of fused-ring (bicyclic) bond motifs is 1. The van der Waals surface area contributed by atoms with Gasteiger partial charge >= 0.3 is 0 Å². The molecular formula is C25H30FN9O2. The second-order valence-corrected chi connectivity index (χ2v) is 9.46. The van der Waals surface area contributed by atoms with Gasteiger partial charge in [-0.2, -0.15) is 0 Å². The van der Waals surface area contributed by atoms with Gasteiger partial charge in [0.05, 0.1) is 25.1 Å². The van der Waals surface area contributed by atoms with Crippen LogP contribution in [-0.2, 0) is 4.74 Å². The monoisotopic (exact) mass is 507 g/mol. The van der Waals surface area contributed by atoms with Crippen LogP contribution in [0.25, 0.3) is 11.0 Å². The number of allylic oxidation sites excluding steroid dienone is 1. The summed E-state index contributed by atoms with van der Waals surface area (Å²) in [6.45, 7) is 8.36. The molecule has 1 aliphatic heterocycles. The van der Waals surface area contributed by atoms with E-state index in [9.17, 15) is 9.18 Å². The van der Waals surface area contributed by atoms with Crippen molar-refractivity contribution in [3.63, 3.8) is 0 Å². The molecule has 3 aromatic rings. The molecule has 12 heteroatoms. The van der Waals surface area contributed by atoms with Crippen molar-refractivity contribution in [2.45, 2.75) is 20.8 Å². The summed E-state index contributed by atoms with van der Waals surface area (Å²) in [7, 11) is 1.55. The van der Waals surface area contributed by atoms with Crippen LogP contribution < -0.4 is 21.3 Å². The lowest BCUT2D eigenvalue weighted by Crippen LogP contribution is -2.37. The van der Waals surface area contributed by atoms with Gasteiger partial charge in [-0.25, -0.2) is 24.3 Å². The third kappa shape index (κ3) is 6.15. The van der Waals surface area contributed by atoms with Crippen molar-refractivity contribution >= 4 is 40.2 Å². The number of amidine groups is 1. The van der Waals surface area contributed by atoms with E-state index < -0.39 is 11.7 Å². The summed E-state index contributed by atoms with van der Waals surface area (Å²) in [6, 6.07) is 3.99. The predicted molar refractivity (Wildman–Crippen MR) is 140 cm³/mol. The largest absolute Gasteiger partial charge is 0.401 e.